The largest absolute Gasteiger partial charge is 0.508 e. The molecule has 0 spiro atoms. The quantitative estimate of drug-likeness (QED) is 0.843. The summed E-state index contributed by atoms with van der Waals surface area (Å²) in [6.07, 6.45) is 4.20. The van der Waals surface area contributed by atoms with E-state index in [-0.39, 0.29) is 18.3 Å². The molecule has 0 aromatic heterocycles. The number of carbonyl (C=O) groups is 1. The smallest absolute Gasteiger partial charge is 0.310 e. The van der Waals surface area contributed by atoms with Crippen LogP contribution in [-0.2, 0) is 4.79 Å². The van der Waals surface area contributed by atoms with Crippen LogP contribution in [0.2, 0.25) is 0 Å². The Kier molecular flexibility index (Phi) is 4.07. The Bertz CT molecular complexity index is 393. The fraction of sp³-hybridized carbons (Fsp3) is 0.500. The van der Waals surface area contributed by atoms with Crippen molar-refractivity contribution in [1.29, 1.82) is 0 Å². The number of rotatable bonds is 5. The minimum atomic E-state index is -0.777. The van der Waals surface area contributed by atoms with Crippen LogP contribution in [0.15, 0.2) is 24.3 Å². The van der Waals surface area contributed by atoms with Gasteiger partial charge in [-0.1, -0.05) is 12.8 Å². The van der Waals surface area contributed by atoms with Crippen LogP contribution in [-0.4, -0.2) is 22.8 Å². The SMILES string of the molecule is O=C(O)C(COc1ccc(O)cc1)C1CCCC1. The van der Waals surface area contributed by atoms with Gasteiger partial charge >= 0.3 is 5.97 Å². The lowest BCUT2D eigenvalue weighted by Crippen LogP contribution is -2.28. The number of benzene rings is 1. The van der Waals surface area contributed by atoms with Gasteiger partial charge in [0, 0.05) is 0 Å². The molecule has 1 aliphatic carbocycles. The first-order valence-corrected chi connectivity index (χ1v) is 6.31. The molecule has 1 fully saturated rings. The predicted octanol–water partition coefficient (Wildman–Crippen LogP) is 2.66. The number of aliphatic carboxylic acids is 1. The van der Waals surface area contributed by atoms with Crippen molar-refractivity contribution < 1.29 is 19.7 Å². The van der Waals surface area contributed by atoms with Crippen molar-refractivity contribution in [2.24, 2.45) is 11.8 Å². The van der Waals surface area contributed by atoms with E-state index in [1.807, 2.05) is 0 Å². The number of aromatic hydroxyl groups is 1. The van der Waals surface area contributed by atoms with Crippen molar-refractivity contribution in [3.63, 3.8) is 0 Å². The summed E-state index contributed by atoms with van der Waals surface area (Å²) >= 11 is 0. The first-order chi connectivity index (χ1) is 8.66. The lowest BCUT2D eigenvalue weighted by Gasteiger charge is -2.19. The Hall–Kier alpha value is -1.71. The summed E-state index contributed by atoms with van der Waals surface area (Å²) in [7, 11) is 0. The second-order valence-electron chi connectivity index (χ2n) is 4.79. The lowest BCUT2D eigenvalue weighted by atomic mass is 9.92. The summed E-state index contributed by atoms with van der Waals surface area (Å²) in [5.74, 6) is -0.202. The number of hydrogen-bond donors (Lipinski definition) is 2. The molecule has 0 amide bonds. The molecule has 0 radical (unpaired) electrons. The molecule has 1 aromatic carbocycles. The van der Waals surface area contributed by atoms with Gasteiger partial charge in [0.2, 0.25) is 0 Å². The van der Waals surface area contributed by atoms with Gasteiger partial charge in [0.05, 0.1) is 5.92 Å². The van der Waals surface area contributed by atoms with Crippen molar-refractivity contribution in [1.82, 2.24) is 0 Å². The second kappa shape index (κ2) is 5.76. The molecule has 1 aromatic rings. The van der Waals surface area contributed by atoms with Gasteiger partial charge < -0.3 is 14.9 Å². The minimum absolute atomic E-state index is 0.174. The van der Waals surface area contributed by atoms with E-state index in [0.29, 0.717) is 5.75 Å². The van der Waals surface area contributed by atoms with Crippen molar-refractivity contribution in [3.05, 3.63) is 24.3 Å². The Labute approximate surface area is 106 Å². The van der Waals surface area contributed by atoms with Gasteiger partial charge in [-0.15, -0.1) is 0 Å². The van der Waals surface area contributed by atoms with Crippen molar-refractivity contribution in [2.75, 3.05) is 6.61 Å². The molecule has 1 aliphatic rings. The highest BCUT2D eigenvalue weighted by atomic mass is 16.5. The van der Waals surface area contributed by atoms with Crippen LogP contribution in [0.1, 0.15) is 25.7 Å². The Morgan fingerprint density at radius 3 is 2.44 bits per heavy atom. The molecule has 1 saturated carbocycles. The van der Waals surface area contributed by atoms with Crippen LogP contribution < -0.4 is 4.74 Å². The molecule has 4 heteroatoms. The topological polar surface area (TPSA) is 66.8 Å². The molecule has 1 atom stereocenters. The molecule has 2 rings (SSSR count). The third-order valence-corrected chi connectivity index (χ3v) is 3.55. The van der Waals surface area contributed by atoms with Crippen LogP contribution in [0.3, 0.4) is 0 Å². The predicted molar refractivity (Wildman–Crippen MR) is 66.7 cm³/mol. The molecule has 2 N–H and O–H groups in total. The maximum atomic E-state index is 11.2. The fourth-order valence-electron chi connectivity index (χ4n) is 2.50. The molecule has 0 heterocycles. The molecule has 4 nitrogen and oxygen atoms in total. The third-order valence-electron chi connectivity index (χ3n) is 3.55. The van der Waals surface area contributed by atoms with E-state index in [1.165, 1.54) is 12.1 Å². The van der Waals surface area contributed by atoms with Crippen LogP contribution in [0.25, 0.3) is 0 Å². The summed E-state index contributed by atoms with van der Waals surface area (Å²) in [6.45, 7) is 0.199. The van der Waals surface area contributed by atoms with Gasteiger partial charge in [-0.05, 0) is 43.0 Å². The number of hydrogen-bond acceptors (Lipinski definition) is 3. The van der Waals surface area contributed by atoms with E-state index in [1.54, 1.807) is 12.1 Å². The van der Waals surface area contributed by atoms with E-state index in [4.69, 9.17) is 9.84 Å². The summed E-state index contributed by atoms with van der Waals surface area (Å²) in [5, 5.41) is 18.4. The maximum Gasteiger partial charge on any atom is 0.310 e. The normalized spacial score (nSPS) is 17.6. The fourth-order valence-corrected chi connectivity index (χ4v) is 2.50. The van der Waals surface area contributed by atoms with Gasteiger partial charge in [-0.2, -0.15) is 0 Å². The van der Waals surface area contributed by atoms with Gasteiger partial charge in [-0.3, -0.25) is 4.79 Å². The van der Waals surface area contributed by atoms with E-state index in [9.17, 15) is 9.90 Å². The van der Waals surface area contributed by atoms with E-state index in [2.05, 4.69) is 0 Å². The van der Waals surface area contributed by atoms with Gasteiger partial charge in [-0.25, -0.2) is 0 Å². The molecular formula is C14H18O4. The van der Waals surface area contributed by atoms with E-state index in [0.717, 1.165) is 25.7 Å². The highest BCUT2D eigenvalue weighted by molar-refractivity contribution is 5.70. The summed E-state index contributed by atoms with van der Waals surface area (Å²) in [5.41, 5.74) is 0. The monoisotopic (exact) mass is 250 g/mol. The highest BCUT2D eigenvalue weighted by Gasteiger charge is 2.31. The molecule has 0 bridgehead atoms. The number of phenols is 1. The molecule has 98 valence electrons. The second-order valence-corrected chi connectivity index (χ2v) is 4.79. The molecular weight excluding hydrogens is 232 g/mol. The Balaban J connectivity index is 1.93. The number of phenolic OH excluding ortho intramolecular Hbond substituents is 1. The number of carboxylic acid groups (broad SMARTS) is 1. The van der Waals surface area contributed by atoms with E-state index >= 15 is 0 Å². The highest BCUT2D eigenvalue weighted by Crippen LogP contribution is 2.32. The zero-order valence-corrected chi connectivity index (χ0v) is 10.2. The molecule has 0 aliphatic heterocycles. The van der Waals surface area contributed by atoms with Crippen molar-refractivity contribution >= 4 is 5.97 Å². The van der Waals surface area contributed by atoms with Gasteiger partial charge in [0.1, 0.15) is 18.1 Å². The first-order valence-electron chi connectivity index (χ1n) is 6.31. The summed E-state index contributed by atoms with van der Waals surface area (Å²) < 4.78 is 5.50. The van der Waals surface area contributed by atoms with Crippen LogP contribution in [0, 0.1) is 11.8 Å². The van der Waals surface area contributed by atoms with Crippen molar-refractivity contribution in [2.45, 2.75) is 25.7 Å². The standard InChI is InChI=1S/C14H18O4/c15-11-5-7-12(8-6-11)18-9-13(14(16)17)10-3-1-2-4-10/h5-8,10,13,15H,1-4,9H2,(H,16,17). The maximum absolute atomic E-state index is 11.2. The zero-order chi connectivity index (χ0) is 13.0. The number of carboxylic acids is 1. The summed E-state index contributed by atoms with van der Waals surface area (Å²) in [6, 6.07) is 6.34. The minimum Gasteiger partial charge on any atom is -0.508 e. The average molecular weight is 250 g/mol. The lowest BCUT2D eigenvalue weighted by molar-refractivity contribution is -0.144. The molecule has 18 heavy (non-hydrogen) atoms. The average Bonchev–Trinajstić information content (AvgIpc) is 2.85. The van der Waals surface area contributed by atoms with Gasteiger partial charge in [0.25, 0.3) is 0 Å². The van der Waals surface area contributed by atoms with Crippen molar-refractivity contribution in [3.8, 4) is 11.5 Å². The van der Waals surface area contributed by atoms with Gasteiger partial charge in [0.15, 0.2) is 0 Å². The third kappa shape index (κ3) is 3.15. The molecule has 0 saturated heterocycles. The molecule has 1 unspecified atom stereocenters. The Morgan fingerprint density at radius 1 is 1.28 bits per heavy atom. The van der Waals surface area contributed by atoms with Crippen LogP contribution in [0.4, 0.5) is 0 Å². The van der Waals surface area contributed by atoms with E-state index < -0.39 is 11.9 Å². The van der Waals surface area contributed by atoms with Crippen LogP contribution in [0.5, 0.6) is 11.5 Å². The summed E-state index contributed by atoms with van der Waals surface area (Å²) in [4.78, 5) is 11.2. The van der Waals surface area contributed by atoms with Crippen LogP contribution >= 0.6 is 0 Å². The zero-order valence-electron chi connectivity index (χ0n) is 10.2. The number of ether oxygens (including phenoxy) is 1. The Morgan fingerprint density at radius 2 is 1.89 bits per heavy atom. The first kappa shape index (κ1) is 12.7.